The number of nitrogen functional groups attached to an aromatic ring is 1. The number of nitrogens with two attached hydrogens (primary N) is 1. The SMILES string of the molecule is CCC(CC)N(CCO)c1nc(C(C)C)nc(NN)c1C. The molecule has 0 unspecified atom stereocenters. The van der Waals surface area contributed by atoms with E-state index in [1.165, 1.54) is 0 Å². The molecule has 0 aliphatic carbocycles. The molecular weight excluding hydrogens is 266 g/mol. The number of nitrogens with one attached hydrogen (secondary N) is 1. The van der Waals surface area contributed by atoms with Crippen molar-refractivity contribution < 1.29 is 5.11 Å². The molecule has 0 bridgehead atoms. The molecule has 4 N–H and O–H groups in total. The number of nitrogens with zero attached hydrogens (tertiary/aromatic N) is 3. The van der Waals surface area contributed by atoms with Crippen LogP contribution in [0.15, 0.2) is 0 Å². The maximum absolute atomic E-state index is 9.41. The van der Waals surface area contributed by atoms with Gasteiger partial charge in [0.2, 0.25) is 0 Å². The summed E-state index contributed by atoms with van der Waals surface area (Å²) >= 11 is 0. The molecule has 0 saturated carbocycles. The fourth-order valence-corrected chi connectivity index (χ4v) is 2.50. The second-order valence-corrected chi connectivity index (χ2v) is 5.57. The molecule has 0 aliphatic heterocycles. The van der Waals surface area contributed by atoms with Crippen molar-refractivity contribution in [1.29, 1.82) is 0 Å². The molecule has 0 amide bonds. The van der Waals surface area contributed by atoms with Gasteiger partial charge in [-0.05, 0) is 19.8 Å². The van der Waals surface area contributed by atoms with E-state index in [2.05, 4.69) is 43.0 Å². The minimum atomic E-state index is 0.0995. The molecule has 0 aromatic carbocycles. The zero-order valence-corrected chi connectivity index (χ0v) is 13.8. The monoisotopic (exact) mass is 295 g/mol. The Balaban J connectivity index is 3.37. The largest absolute Gasteiger partial charge is 0.395 e. The van der Waals surface area contributed by atoms with E-state index >= 15 is 0 Å². The van der Waals surface area contributed by atoms with Crippen molar-refractivity contribution in [2.45, 2.75) is 59.4 Å². The van der Waals surface area contributed by atoms with Crippen LogP contribution < -0.4 is 16.2 Å². The molecule has 0 aliphatic rings. The number of aromatic nitrogens is 2. The Morgan fingerprint density at radius 1 is 1.24 bits per heavy atom. The van der Waals surface area contributed by atoms with E-state index in [0.29, 0.717) is 18.4 Å². The molecule has 6 heteroatoms. The molecule has 0 atom stereocenters. The van der Waals surface area contributed by atoms with E-state index < -0.39 is 0 Å². The van der Waals surface area contributed by atoms with Crippen LogP contribution in [0.4, 0.5) is 11.6 Å². The summed E-state index contributed by atoms with van der Waals surface area (Å²) in [5.41, 5.74) is 3.58. The van der Waals surface area contributed by atoms with Crippen molar-refractivity contribution in [2.75, 3.05) is 23.5 Å². The fraction of sp³-hybridized carbons (Fsp3) is 0.733. The van der Waals surface area contributed by atoms with Crippen LogP contribution in [0.25, 0.3) is 0 Å². The number of aliphatic hydroxyl groups excluding tert-OH is 1. The molecule has 1 rings (SSSR count). The lowest BCUT2D eigenvalue weighted by molar-refractivity contribution is 0.295. The van der Waals surface area contributed by atoms with Crippen molar-refractivity contribution in [1.82, 2.24) is 9.97 Å². The Bertz CT molecular complexity index is 446. The Labute approximate surface area is 127 Å². The Hall–Kier alpha value is -1.40. The average molecular weight is 295 g/mol. The Morgan fingerprint density at radius 2 is 1.86 bits per heavy atom. The van der Waals surface area contributed by atoms with Crippen LogP contribution in [0.2, 0.25) is 0 Å². The van der Waals surface area contributed by atoms with Gasteiger partial charge in [-0.15, -0.1) is 0 Å². The van der Waals surface area contributed by atoms with Crippen molar-refractivity contribution in [3.8, 4) is 0 Å². The van der Waals surface area contributed by atoms with Gasteiger partial charge in [-0.25, -0.2) is 15.8 Å². The first kappa shape index (κ1) is 17.7. The second-order valence-electron chi connectivity index (χ2n) is 5.57. The van der Waals surface area contributed by atoms with Crippen LogP contribution >= 0.6 is 0 Å². The van der Waals surface area contributed by atoms with Gasteiger partial charge in [0.25, 0.3) is 0 Å². The number of hydrogen-bond acceptors (Lipinski definition) is 6. The van der Waals surface area contributed by atoms with Crippen molar-refractivity contribution >= 4 is 11.6 Å². The Kier molecular flexibility index (Phi) is 6.84. The van der Waals surface area contributed by atoms with Crippen LogP contribution in [0.5, 0.6) is 0 Å². The highest BCUT2D eigenvalue weighted by Crippen LogP contribution is 2.28. The zero-order chi connectivity index (χ0) is 16.0. The molecule has 6 nitrogen and oxygen atoms in total. The van der Waals surface area contributed by atoms with Gasteiger partial charge in [0.15, 0.2) is 0 Å². The molecular formula is C15H29N5O. The standard InChI is InChI=1S/C15H29N5O/c1-6-12(7-2)20(8-9-21)15-11(5)14(19-16)17-13(18-15)10(3)4/h10,12,21H,6-9,16H2,1-5H3,(H,17,18,19). The number of aliphatic hydroxyl groups is 1. The molecule has 1 aromatic heterocycles. The summed E-state index contributed by atoms with van der Waals surface area (Å²) in [5.74, 6) is 8.09. The normalized spacial score (nSPS) is 11.3. The van der Waals surface area contributed by atoms with Gasteiger partial charge in [0.1, 0.15) is 17.5 Å². The van der Waals surface area contributed by atoms with Gasteiger partial charge >= 0.3 is 0 Å². The van der Waals surface area contributed by atoms with E-state index in [-0.39, 0.29) is 12.5 Å². The topological polar surface area (TPSA) is 87.3 Å². The van der Waals surface area contributed by atoms with Crippen LogP contribution in [-0.2, 0) is 0 Å². The number of rotatable bonds is 8. The van der Waals surface area contributed by atoms with Gasteiger partial charge in [0, 0.05) is 24.1 Å². The first-order valence-electron chi connectivity index (χ1n) is 7.72. The first-order valence-corrected chi connectivity index (χ1v) is 7.72. The van der Waals surface area contributed by atoms with Gasteiger partial charge in [0.05, 0.1) is 6.61 Å². The minimum Gasteiger partial charge on any atom is -0.395 e. The molecule has 21 heavy (non-hydrogen) atoms. The molecule has 0 fully saturated rings. The van der Waals surface area contributed by atoms with Crippen LogP contribution in [0.1, 0.15) is 57.8 Å². The summed E-state index contributed by atoms with van der Waals surface area (Å²) in [6.45, 7) is 11.0. The lowest BCUT2D eigenvalue weighted by Gasteiger charge is -2.33. The smallest absolute Gasteiger partial charge is 0.148 e. The number of hydrazine groups is 1. The highest BCUT2D eigenvalue weighted by molar-refractivity contribution is 5.59. The molecule has 0 radical (unpaired) electrons. The van der Waals surface area contributed by atoms with E-state index in [9.17, 15) is 5.11 Å². The number of anilines is 2. The van der Waals surface area contributed by atoms with E-state index in [4.69, 9.17) is 10.8 Å². The summed E-state index contributed by atoms with van der Waals surface area (Å²) in [6, 6.07) is 0.344. The fourth-order valence-electron chi connectivity index (χ4n) is 2.50. The lowest BCUT2D eigenvalue weighted by atomic mass is 10.1. The average Bonchev–Trinajstić information content (AvgIpc) is 2.47. The summed E-state index contributed by atoms with van der Waals surface area (Å²) in [6.07, 6.45) is 2.00. The van der Waals surface area contributed by atoms with Gasteiger partial charge in [-0.1, -0.05) is 27.7 Å². The van der Waals surface area contributed by atoms with Crippen LogP contribution in [0.3, 0.4) is 0 Å². The highest BCUT2D eigenvalue weighted by Gasteiger charge is 2.22. The molecule has 120 valence electrons. The van der Waals surface area contributed by atoms with E-state index in [1.807, 2.05) is 6.92 Å². The second kappa shape index (κ2) is 8.14. The maximum atomic E-state index is 9.41. The van der Waals surface area contributed by atoms with Crippen LogP contribution in [-0.4, -0.2) is 34.3 Å². The lowest BCUT2D eigenvalue weighted by Crippen LogP contribution is -2.38. The summed E-state index contributed by atoms with van der Waals surface area (Å²) in [7, 11) is 0. The van der Waals surface area contributed by atoms with E-state index in [1.54, 1.807) is 0 Å². The molecule has 1 aromatic rings. The molecule has 0 saturated heterocycles. The summed E-state index contributed by atoms with van der Waals surface area (Å²) in [4.78, 5) is 11.4. The van der Waals surface area contributed by atoms with Crippen molar-refractivity contribution in [3.05, 3.63) is 11.4 Å². The summed E-state index contributed by atoms with van der Waals surface area (Å²) in [5, 5.41) is 9.41. The maximum Gasteiger partial charge on any atom is 0.148 e. The van der Waals surface area contributed by atoms with Gasteiger partial charge in [-0.3, -0.25) is 0 Å². The predicted molar refractivity (Wildman–Crippen MR) is 87.5 cm³/mol. The third kappa shape index (κ3) is 4.04. The Morgan fingerprint density at radius 3 is 2.29 bits per heavy atom. The molecule has 0 spiro atoms. The zero-order valence-electron chi connectivity index (χ0n) is 13.8. The van der Waals surface area contributed by atoms with Gasteiger partial charge in [-0.2, -0.15) is 0 Å². The van der Waals surface area contributed by atoms with Crippen LogP contribution in [0, 0.1) is 6.92 Å². The van der Waals surface area contributed by atoms with Crippen molar-refractivity contribution in [2.24, 2.45) is 5.84 Å². The first-order chi connectivity index (χ1) is 9.99. The quantitative estimate of drug-likeness (QED) is 0.503. The number of hydrogen-bond donors (Lipinski definition) is 3. The molecule has 1 heterocycles. The minimum absolute atomic E-state index is 0.0995. The van der Waals surface area contributed by atoms with Gasteiger partial charge < -0.3 is 15.4 Å². The third-order valence-electron chi connectivity index (χ3n) is 3.79. The third-order valence-corrected chi connectivity index (χ3v) is 3.79. The summed E-state index contributed by atoms with van der Waals surface area (Å²) < 4.78 is 0. The van der Waals surface area contributed by atoms with E-state index in [0.717, 1.165) is 30.0 Å². The highest BCUT2D eigenvalue weighted by atomic mass is 16.3. The predicted octanol–water partition coefficient (Wildman–Crippen LogP) is 2.18. The van der Waals surface area contributed by atoms with Crippen molar-refractivity contribution in [3.63, 3.8) is 0 Å².